The van der Waals surface area contributed by atoms with Crippen molar-refractivity contribution in [2.24, 2.45) is 5.73 Å². The first-order valence-corrected chi connectivity index (χ1v) is 7.13. The highest BCUT2D eigenvalue weighted by Gasteiger charge is 2.18. The molecular weight excluding hydrogens is 254 g/mol. The van der Waals surface area contributed by atoms with Gasteiger partial charge in [0.1, 0.15) is 0 Å². The van der Waals surface area contributed by atoms with E-state index >= 15 is 0 Å². The maximum atomic E-state index is 6.40. The van der Waals surface area contributed by atoms with E-state index in [-0.39, 0.29) is 6.04 Å². The van der Waals surface area contributed by atoms with Crippen LogP contribution in [0.5, 0.6) is 0 Å². The van der Waals surface area contributed by atoms with Gasteiger partial charge in [0.25, 0.3) is 0 Å². The normalized spacial score (nSPS) is 14.1. The molecule has 2 heteroatoms. The van der Waals surface area contributed by atoms with Crippen LogP contribution < -0.4 is 5.73 Å². The predicted octanol–water partition coefficient (Wildman–Crippen LogP) is 4.40. The van der Waals surface area contributed by atoms with E-state index in [1.807, 2.05) is 24.3 Å². The smallest absolute Gasteiger partial charge is 0.0408 e. The molecule has 0 aliphatic rings. The molecule has 2 rings (SSSR count). The van der Waals surface area contributed by atoms with E-state index in [2.05, 4.69) is 37.3 Å². The molecule has 0 aromatic heterocycles. The van der Waals surface area contributed by atoms with Crippen molar-refractivity contribution < 1.29 is 0 Å². The van der Waals surface area contributed by atoms with Crippen LogP contribution in [0, 0.1) is 0 Å². The lowest BCUT2D eigenvalue weighted by molar-refractivity contribution is 0.515. The van der Waals surface area contributed by atoms with Crippen LogP contribution in [0.4, 0.5) is 0 Å². The van der Waals surface area contributed by atoms with Crippen LogP contribution in [0.15, 0.2) is 54.6 Å². The van der Waals surface area contributed by atoms with Gasteiger partial charge in [-0.15, -0.1) is 0 Å². The van der Waals surface area contributed by atoms with E-state index in [0.29, 0.717) is 5.92 Å². The fourth-order valence-corrected chi connectivity index (χ4v) is 2.78. The lowest BCUT2D eigenvalue weighted by Gasteiger charge is -2.23. The van der Waals surface area contributed by atoms with Gasteiger partial charge in [0.15, 0.2) is 0 Å². The van der Waals surface area contributed by atoms with E-state index in [0.717, 1.165) is 17.9 Å². The largest absolute Gasteiger partial charge is 0.327 e. The van der Waals surface area contributed by atoms with Crippen LogP contribution in [-0.2, 0) is 6.42 Å². The van der Waals surface area contributed by atoms with Gasteiger partial charge in [0.2, 0.25) is 0 Å². The summed E-state index contributed by atoms with van der Waals surface area (Å²) < 4.78 is 0. The Bertz CT molecular complexity index is 510. The first-order valence-electron chi connectivity index (χ1n) is 6.75. The molecule has 2 aromatic rings. The second-order valence-electron chi connectivity index (χ2n) is 4.92. The Morgan fingerprint density at radius 3 is 2.42 bits per heavy atom. The van der Waals surface area contributed by atoms with Crippen LogP contribution in [0.2, 0.25) is 5.02 Å². The van der Waals surface area contributed by atoms with E-state index < -0.39 is 0 Å². The minimum atomic E-state index is 0.117. The summed E-state index contributed by atoms with van der Waals surface area (Å²) in [7, 11) is 0. The Kier molecular flexibility index (Phi) is 5.00. The zero-order chi connectivity index (χ0) is 13.7. The highest BCUT2D eigenvalue weighted by atomic mass is 35.5. The second-order valence-corrected chi connectivity index (χ2v) is 5.36. The molecule has 0 bridgehead atoms. The fourth-order valence-electron chi connectivity index (χ4n) is 2.56. The van der Waals surface area contributed by atoms with Gasteiger partial charge in [-0.25, -0.2) is 0 Å². The zero-order valence-corrected chi connectivity index (χ0v) is 12.0. The van der Waals surface area contributed by atoms with Crippen molar-refractivity contribution >= 4 is 11.6 Å². The third-order valence-corrected chi connectivity index (χ3v) is 3.78. The monoisotopic (exact) mass is 273 g/mol. The van der Waals surface area contributed by atoms with Crippen LogP contribution in [-0.4, -0.2) is 6.04 Å². The van der Waals surface area contributed by atoms with Gasteiger partial charge in [0.05, 0.1) is 0 Å². The van der Waals surface area contributed by atoms with Gasteiger partial charge in [0, 0.05) is 11.1 Å². The number of hydrogen-bond donors (Lipinski definition) is 1. The van der Waals surface area contributed by atoms with Gasteiger partial charge in [-0.3, -0.25) is 0 Å². The molecule has 1 nitrogen and oxygen atoms in total. The maximum Gasteiger partial charge on any atom is 0.0408 e. The van der Waals surface area contributed by atoms with Crippen molar-refractivity contribution in [3.63, 3.8) is 0 Å². The average Bonchev–Trinajstić information content (AvgIpc) is 2.41. The van der Waals surface area contributed by atoms with Crippen molar-refractivity contribution in [3.8, 4) is 0 Å². The van der Waals surface area contributed by atoms with Crippen molar-refractivity contribution in [1.29, 1.82) is 0 Å². The van der Waals surface area contributed by atoms with Gasteiger partial charge in [-0.1, -0.05) is 61.0 Å². The number of nitrogens with two attached hydrogens (primary N) is 1. The maximum absolute atomic E-state index is 6.40. The van der Waals surface area contributed by atoms with E-state index in [4.69, 9.17) is 17.3 Å². The second kappa shape index (κ2) is 6.74. The van der Waals surface area contributed by atoms with Crippen LogP contribution >= 0.6 is 11.6 Å². The Labute approximate surface area is 120 Å². The number of halogens is 1. The minimum Gasteiger partial charge on any atom is -0.327 e. The first kappa shape index (κ1) is 14.1. The zero-order valence-electron chi connectivity index (χ0n) is 11.2. The molecule has 2 N–H and O–H groups in total. The molecule has 19 heavy (non-hydrogen) atoms. The van der Waals surface area contributed by atoms with Crippen molar-refractivity contribution in [1.82, 2.24) is 0 Å². The molecule has 0 radical (unpaired) electrons. The Morgan fingerprint density at radius 2 is 1.79 bits per heavy atom. The highest BCUT2D eigenvalue weighted by Crippen LogP contribution is 2.24. The highest BCUT2D eigenvalue weighted by molar-refractivity contribution is 6.30. The Balaban J connectivity index is 2.11. The van der Waals surface area contributed by atoms with Gasteiger partial charge < -0.3 is 5.73 Å². The topological polar surface area (TPSA) is 26.0 Å². The molecule has 0 fully saturated rings. The average molecular weight is 274 g/mol. The third-order valence-electron chi connectivity index (χ3n) is 3.54. The fraction of sp³-hybridized carbons (Fsp3) is 0.294. The summed E-state index contributed by atoms with van der Waals surface area (Å²) in [6, 6.07) is 18.6. The third kappa shape index (κ3) is 3.82. The minimum absolute atomic E-state index is 0.117. The van der Waals surface area contributed by atoms with Crippen molar-refractivity contribution in [3.05, 3.63) is 70.7 Å². The summed E-state index contributed by atoms with van der Waals surface area (Å²) in [6.07, 6.45) is 1.90. The summed E-state index contributed by atoms with van der Waals surface area (Å²) in [5.74, 6) is 0.389. The summed E-state index contributed by atoms with van der Waals surface area (Å²) in [4.78, 5) is 0. The molecule has 0 amide bonds. The Hall–Kier alpha value is -1.31. The summed E-state index contributed by atoms with van der Waals surface area (Å²) >= 11 is 6.02. The predicted molar refractivity (Wildman–Crippen MR) is 82.6 cm³/mol. The van der Waals surface area contributed by atoms with Gasteiger partial charge in [-0.2, -0.15) is 0 Å². The van der Waals surface area contributed by atoms with Crippen molar-refractivity contribution in [2.75, 3.05) is 0 Å². The first-order chi connectivity index (χ1) is 9.20. The van der Waals surface area contributed by atoms with Gasteiger partial charge in [-0.05, 0) is 42.0 Å². The molecule has 0 aliphatic heterocycles. The number of benzene rings is 2. The summed E-state index contributed by atoms with van der Waals surface area (Å²) in [5.41, 5.74) is 8.92. The Morgan fingerprint density at radius 1 is 1.05 bits per heavy atom. The molecule has 0 saturated carbocycles. The van der Waals surface area contributed by atoms with Gasteiger partial charge >= 0.3 is 0 Å². The van der Waals surface area contributed by atoms with Crippen LogP contribution in [0.3, 0.4) is 0 Å². The number of rotatable bonds is 5. The molecule has 0 spiro atoms. The van der Waals surface area contributed by atoms with Crippen LogP contribution in [0.25, 0.3) is 0 Å². The molecular formula is C17H20ClN. The number of hydrogen-bond acceptors (Lipinski definition) is 1. The standard InChI is InChI=1S/C17H20ClN/c1-2-16(14-8-4-3-5-9-14)17(19)12-13-7-6-10-15(18)11-13/h3-11,16-17H,2,12,19H2,1H3. The van der Waals surface area contributed by atoms with E-state index in [9.17, 15) is 0 Å². The van der Waals surface area contributed by atoms with E-state index in [1.54, 1.807) is 0 Å². The van der Waals surface area contributed by atoms with Crippen molar-refractivity contribution in [2.45, 2.75) is 31.7 Å². The lowest BCUT2D eigenvalue weighted by atomic mass is 9.86. The molecule has 2 atom stereocenters. The van der Waals surface area contributed by atoms with Crippen LogP contribution in [0.1, 0.15) is 30.4 Å². The SMILES string of the molecule is CCC(c1ccccc1)C(N)Cc1cccc(Cl)c1. The summed E-state index contributed by atoms with van der Waals surface area (Å²) in [5, 5.41) is 0.775. The molecule has 100 valence electrons. The van der Waals surface area contributed by atoms with E-state index in [1.165, 1.54) is 11.1 Å². The molecule has 0 heterocycles. The lowest BCUT2D eigenvalue weighted by Crippen LogP contribution is -2.30. The molecule has 2 unspecified atom stereocenters. The summed E-state index contributed by atoms with van der Waals surface area (Å²) in [6.45, 7) is 2.19. The molecule has 0 aliphatic carbocycles. The molecule has 2 aromatic carbocycles. The molecule has 0 saturated heterocycles. The quantitative estimate of drug-likeness (QED) is 0.858.